The van der Waals surface area contributed by atoms with Crippen LogP contribution in [0.3, 0.4) is 0 Å². The molecule has 3 nitrogen and oxygen atoms in total. The van der Waals surface area contributed by atoms with E-state index in [-0.39, 0.29) is 5.75 Å². The van der Waals surface area contributed by atoms with Crippen LogP contribution < -0.4 is 4.74 Å². The quantitative estimate of drug-likeness (QED) is 0.801. The van der Waals surface area contributed by atoms with Crippen molar-refractivity contribution in [3.8, 4) is 5.75 Å². The maximum absolute atomic E-state index is 11.9. The molecule has 0 heterocycles. The van der Waals surface area contributed by atoms with E-state index in [0.717, 1.165) is 0 Å². The van der Waals surface area contributed by atoms with E-state index in [2.05, 4.69) is 20.7 Å². The molecule has 1 aromatic carbocycles. The minimum absolute atomic E-state index is 0.257. The summed E-state index contributed by atoms with van der Waals surface area (Å²) in [6, 6.07) is 4.32. The summed E-state index contributed by atoms with van der Waals surface area (Å²) in [7, 11) is 1.26. The zero-order valence-corrected chi connectivity index (χ0v) is 9.96. The molecule has 0 aliphatic heterocycles. The largest absolute Gasteiger partial charge is 0.486 e. The molecule has 0 aliphatic rings. The topological polar surface area (TPSA) is 35.5 Å². The van der Waals surface area contributed by atoms with Crippen LogP contribution in [-0.4, -0.2) is 26.1 Å². The molecule has 0 aliphatic carbocycles. The summed E-state index contributed by atoms with van der Waals surface area (Å²) in [6.45, 7) is -0.684. The molecule has 0 aromatic heterocycles. The van der Waals surface area contributed by atoms with Gasteiger partial charge in [-0.15, -0.1) is 0 Å². The Kier molecular flexibility index (Phi) is 4.67. The number of alkyl halides is 2. The summed E-state index contributed by atoms with van der Waals surface area (Å²) in [6.07, 6.45) is -2.54. The SMILES string of the molecule is COC(=O)c1ccc(OCC(F)F)c(Br)c1. The fraction of sp³-hybridized carbons (Fsp3) is 0.300. The molecule has 88 valence electrons. The highest BCUT2D eigenvalue weighted by molar-refractivity contribution is 9.10. The van der Waals surface area contributed by atoms with Gasteiger partial charge in [-0.25, -0.2) is 13.6 Å². The Balaban J connectivity index is 2.79. The zero-order valence-electron chi connectivity index (χ0n) is 8.38. The van der Waals surface area contributed by atoms with Gasteiger partial charge in [0.05, 0.1) is 17.1 Å². The van der Waals surface area contributed by atoms with Gasteiger partial charge in [-0.05, 0) is 34.1 Å². The van der Waals surface area contributed by atoms with Crippen molar-refractivity contribution in [1.82, 2.24) is 0 Å². The number of hydrogen-bond acceptors (Lipinski definition) is 3. The predicted octanol–water partition coefficient (Wildman–Crippen LogP) is 2.88. The monoisotopic (exact) mass is 294 g/mol. The van der Waals surface area contributed by atoms with E-state index in [1.807, 2.05) is 0 Å². The summed E-state index contributed by atoms with van der Waals surface area (Å²) < 4.78 is 33.6. The molecule has 0 bridgehead atoms. The maximum atomic E-state index is 11.9. The lowest BCUT2D eigenvalue weighted by molar-refractivity contribution is 0.0600. The van der Waals surface area contributed by atoms with Crippen molar-refractivity contribution in [2.75, 3.05) is 13.7 Å². The summed E-state index contributed by atoms with van der Waals surface area (Å²) in [5.74, 6) is -0.242. The first-order valence-electron chi connectivity index (χ1n) is 4.33. The third kappa shape index (κ3) is 3.44. The molecule has 0 atom stereocenters. The Morgan fingerprint density at radius 3 is 2.69 bits per heavy atom. The Morgan fingerprint density at radius 2 is 2.19 bits per heavy atom. The number of ether oxygens (including phenoxy) is 2. The van der Waals surface area contributed by atoms with Crippen molar-refractivity contribution >= 4 is 21.9 Å². The van der Waals surface area contributed by atoms with E-state index in [1.54, 1.807) is 0 Å². The normalized spacial score (nSPS) is 10.3. The van der Waals surface area contributed by atoms with Crippen molar-refractivity contribution in [1.29, 1.82) is 0 Å². The number of halogens is 3. The second-order valence-electron chi connectivity index (χ2n) is 2.84. The number of methoxy groups -OCH3 is 1. The van der Waals surface area contributed by atoms with Gasteiger partial charge in [0.25, 0.3) is 6.43 Å². The molecule has 0 N–H and O–H groups in total. The van der Waals surface area contributed by atoms with Crippen LogP contribution >= 0.6 is 15.9 Å². The second-order valence-corrected chi connectivity index (χ2v) is 3.69. The summed E-state index contributed by atoms with van der Waals surface area (Å²) >= 11 is 3.12. The number of rotatable bonds is 4. The molecule has 1 rings (SSSR count). The van der Waals surface area contributed by atoms with E-state index in [0.29, 0.717) is 10.0 Å². The molecule has 0 fully saturated rings. The molecule has 6 heteroatoms. The first-order valence-corrected chi connectivity index (χ1v) is 5.12. The van der Waals surface area contributed by atoms with Gasteiger partial charge < -0.3 is 9.47 Å². The van der Waals surface area contributed by atoms with Gasteiger partial charge in [-0.1, -0.05) is 0 Å². The number of hydrogen-bond donors (Lipinski definition) is 0. The minimum atomic E-state index is -2.54. The van der Waals surface area contributed by atoms with Crippen molar-refractivity contribution in [3.63, 3.8) is 0 Å². The fourth-order valence-electron chi connectivity index (χ4n) is 1.02. The Hall–Kier alpha value is -1.17. The highest BCUT2D eigenvalue weighted by Gasteiger charge is 2.10. The van der Waals surface area contributed by atoms with Crippen molar-refractivity contribution in [3.05, 3.63) is 28.2 Å². The van der Waals surface area contributed by atoms with E-state index in [1.165, 1.54) is 25.3 Å². The van der Waals surface area contributed by atoms with Gasteiger partial charge in [-0.3, -0.25) is 0 Å². The molecule has 16 heavy (non-hydrogen) atoms. The lowest BCUT2D eigenvalue weighted by atomic mass is 10.2. The first kappa shape index (κ1) is 12.9. The number of carbonyl (C=O) groups is 1. The third-order valence-corrected chi connectivity index (χ3v) is 2.34. The highest BCUT2D eigenvalue weighted by atomic mass is 79.9. The van der Waals surface area contributed by atoms with Crippen LogP contribution in [-0.2, 0) is 4.74 Å². The third-order valence-electron chi connectivity index (χ3n) is 1.72. The van der Waals surface area contributed by atoms with E-state index < -0.39 is 19.0 Å². The van der Waals surface area contributed by atoms with Gasteiger partial charge in [0.1, 0.15) is 12.4 Å². The number of benzene rings is 1. The molecule has 0 radical (unpaired) electrons. The van der Waals surface area contributed by atoms with Crippen LogP contribution in [0.1, 0.15) is 10.4 Å². The molecular formula is C10H9BrF2O3. The summed E-state index contributed by atoms with van der Waals surface area (Å²) in [4.78, 5) is 11.1. The lowest BCUT2D eigenvalue weighted by Gasteiger charge is -2.08. The van der Waals surface area contributed by atoms with E-state index in [9.17, 15) is 13.6 Å². The molecule has 0 spiro atoms. The van der Waals surface area contributed by atoms with Gasteiger partial charge in [0.15, 0.2) is 0 Å². The van der Waals surface area contributed by atoms with Crippen LogP contribution in [0.4, 0.5) is 8.78 Å². The molecule has 0 unspecified atom stereocenters. The Labute approximate surface area is 99.5 Å². The maximum Gasteiger partial charge on any atom is 0.337 e. The molecular weight excluding hydrogens is 286 g/mol. The summed E-state index contributed by atoms with van der Waals surface area (Å²) in [5.41, 5.74) is 0.318. The fourth-order valence-corrected chi connectivity index (χ4v) is 1.51. The Morgan fingerprint density at radius 1 is 1.50 bits per heavy atom. The van der Waals surface area contributed by atoms with Gasteiger partial charge in [-0.2, -0.15) is 0 Å². The number of esters is 1. The van der Waals surface area contributed by atoms with Gasteiger partial charge in [0, 0.05) is 0 Å². The second kappa shape index (κ2) is 5.79. The number of carbonyl (C=O) groups excluding carboxylic acids is 1. The van der Waals surface area contributed by atoms with Crippen LogP contribution in [0, 0.1) is 0 Å². The van der Waals surface area contributed by atoms with Gasteiger partial charge >= 0.3 is 5.97 Å². The van der Waals surface area contributed by atoms with E-state index in [4.69, 9.17) is 4.74 Å². The summed E-state index contributed by atoms with van der Waals surface area (Å²) in [5, 5.41) is 0. The van der Waals surface area contributed by atoms with Crippen molar-refractivity contribution in [2.45, 2.75) is 6.43 Å². The van der Waals surface area contributed by atoms with Crippen LogP contribution in [0.5, 0.6) is 5.75 Å². The van der Waals surface area contributed by atoms with Crippen molar-refractivity contribution < 1.29 is 23.0 Å². The van der Waals surface area contributed by atoms with Crippen LogP contribution in [0.25, 0.3) is 0 Å². The molecule has 0 saturated heterocycles. The first-order chi connectivity index (χ1) is 7.54. The van der Waals surface area contributed by atoms with E-state index >= 15 is 0 Å². The molecule has 0 amide bonds. The highest BCUT2D eigenvalue weighted by Crippen LogP contribution is 2.26. The predicted molar refractivity (Wildman–Crippen MR) is 57.0 cm³/mol. The van der Waals surface area contributed by atoms with Crippen LogP contribution in [0.15, 0.2) is 22.7 Å². The average molecular weight is 295 g/mol. The minimum Gasteiger partial charge on any atom is -0.486 e. The molecule has 1 aromatic rings. The smallest absolute Gasteiger partial charge is 0.337 e. The average Bonchev–Trinajstić information content (AvgIpc) is 2.26. The standard InChI is InChI=1S/C10H9BrF2O3/c1-15-10(14)6-2-3-8(7(11)4-6)16-5-9(12)13/h2-4,9H,5H2,1H3. The Bertz CT molecular complexity index is 382. The lowest BCUT2D eigenvalue weighted by Crippen LogP contribution is -2.08. The van der Waals surface area contributed by atoms with Crippen molar-refractivity contribution in [2.24, 2.45) is 0 Å². The molecule has 0 saturated carbocycles. The van der Waals surface area contributed by atoms with Crippen LogP contribution in [0.2, 0.25) is 0 Å². The van der Waals surface area contributed by atoms with Gasteiger partial charge in [0.2, 0.25) is 0 Å². The zero-order chi connectivity index (χ0) is 12.1.